The number of alkyl halides is 3. The maximum Gasteiger partial charge on any atom is 0.389 e. The molecule has 0 radical (unpaired) electrons. The summed E-state index contributed by atoms with van der Waals surface area (Å²) in [5, 5.41) is 10.1. The number of allylic oxidation sites excluding steroid dienone is 1. The Morgan fingerprint density at radius 3 is 2.58 bits per heavy atom. The summed E-state index contributed by atoms with van der Waals surface area (Å²) < 4.78 is 38.3. The van der Waals surface area contributed by atoms with Crippen molar-refractivity contribution in [3.63, 3.8) is 0 Å². The molecule has 0 heterocycles. The maximum atomic E-state index is 12.8. The molecule has 4 heteroatoms. The van der Waals surface area contributed by atoms with Gasteiger partial charge in [-0.1, -0.05) is 25.5 Å². The molecule has 5 unspecified atom stereocenters. The summed E-state index contributed by atoms with van der Waals surface area (Å²) in [6.07, 6.45) is 6.11. The van der Waals surface area contributed by atoms with E-state index in [1.807, 2.05) is 0 Å². The topological polar surface area (TPSA) is 20.2 Å². The number of halogens is 3. The Hall–Kier alpha value is -0.510. The van der Waals surface area contributed by atoms with Gasteiger partial charge in [0, 0.05) is 6.42 Å². The summed E-state index contributed by atoms with van der Waals surface area (Å²) in [7, 11) is 0. The Morgan fingerprint density at radius 1 is 1.08 bits per heavy atom. The van der Waals surface area contributed by atoms with Crippen molar-refractivity contribution >= 4 is 0 Å². The molecule has 0 bridgehead atoms. The molecule has 1 nitrogen and oxygen atoms in total. The summed E-state index contributed by atoms with van der Waals surface area (Å²) in [6, 6.07) is 0. The Labute approximate surface area is 155 Å². The van der Waals surface area contributed by atoms with Crippen molar-refractivity contribution in [2.24, 2.45) is 34.5 Å². The quantitative estimate of drug-likeness (QED) is 0.568. The van der Waals surface area contributed by atoms with Crippen molar-refractivity contribution in [1.29, 1.82) is 0 Å². The lowest BCUT2D eigenvalue weighted by Gasteiger charge is -2.58. The highest BCUT2D eigenvalue weighted by Gasteiger charge is 2.58. The highest BCUT2D eigenvalue weighted by Crippen LogP contribution is 2.66. The highest BCUT2D eigenvalue weighted by atomic mass is 19.4. The first-order valence-corrected chi connectivity index (χ1v) is 10.6. The van der Waals surface area contributed by atoms with Gasteiger partial charge >= 0.3 is 6.18 Å². The summed E-state index contributed by atoms with van der Waals surface area (Å²) in [4.78, 5) is 0. The van der Waals surface area contributed by atoms with Crippen LogP contribution < -0.4 is 0 Å². The van der Waals surface area contributed by atoms with Gasteiger partial charge in [0.1, 0.15) is 0 Å². The van der Waals surface area contributed by atoms with Crippen molar-refractivity contribution in [1.82, 2.24) is 0 Å². The monoisotopic (exact) mass is 370 g/mol. The van der Waals surface area contributed by atoms with E-state index < -0.39 is 12.6 Å². The molecule has 0 amide bonds. The molecule has 0 saturated heterocycles. The molecule has 7 atom stereocenters. The van der Waals surface area contributed by atoms with Gasteiger partial charge in [0.2, 0.25) is 0 Å². The van der Waals surface area contributed by atoms with E-state index in [0.29, 0.717) is 24.2 Å². The smallest absolute Gasteiger partial charge is 0.389 e. The van der Waals surface area contributed by atoms with Crippen LogP contribution in [0.25, 0.3) is 0 Å². The van der Waals surface area contributed by atoms with Gasteiger partial charge in [-0.05, 0) is 92.3 Å². The molecular weight excluding hydrogens is 337 g/mol. The van der Waals surface area contributed by atoms with Crippen LogP contribution in [0.3, 0.4) is 0 Å². The third kappa shape index (κ3) is 2.95. The zero-order valence-corrected chi connectivity index (χ0v) is 16.1. The Kier molecular flexibility index (Phi) is 4.53. The predicted octanol–water partition coefficient (Wildman–Crippen LogP) is 6.27. The van der Waals surface area contributed by atoms with Crippen LogP contribution in [0.2, 0.25) is 0 Å². The normalized spacial score (nSPS) is 48.4. The average molecular weight is 370 g/mol. The third-order valence-corrected chi connectivity index (χ3v) is 9.05. The minimum Gasteiger partial charge on any atom is -0.393 e. The second-order valence-electron chi connectivity index (χ2n) is 10.1. The van der Waals surface area contributed by atoms with Crippen molar-refractivity contribution < 1.29 is 18.3 Å². The van der Waals surface area contributed by atoms with Crippen molar-refractivity contribution in [3.05, 3.63) is 11.6 Å². The summed E-state index contributed by atoms with van der Waals surface area (Å²) >= 11 is 0. The van der Waals surface area contributed by atoms with Gasteiger partial charge in [0.05, 0.1) is 6.10 Å². The first kappa shape index (κ1) is 18.8. The standard InChI is InChI=1S/C22H33F3O/c1-20-11-9-19-17(5-3-15-13-16(26)8-10-21(15,19)2)18(20)6-4-14(20)7-12-22(23,24)25/h3,14,16-19,26H,4-13H2,1-2H3/t14-,16?,17?,18?,19?,20-,21?/m1/s1. The van der Waals surface area contributed by atoms with Gasteiger partial charge in [0.15, 0.2) is 0 Å². The van der Waals surface area contributed by atoms with Crippen LogP contribution in [0.1, 0.15) is 78.1 Å². The average Bonchev–Trinajstić information content (AvgIpc) is 2.89. The van der Waals surface area contributed by atoms with Gasteiger partial charge < -0.3 is 5.11 Å². The van der Waals surface area contributed by atoms with Crippen LogP contribution in [0.15, 0.2) is 11.6 Å². The molecule has 4 aliphatic carbocycles. The Bertz CT molecular complexity index is 582. The maximum absolute atomic E-state index is 12.8. The second kappa shape index (κ2) is 6.25. The fourth-order valence-corrected chi connectivity index (χ4v) is 7.56. The number of hydrogen-bond acceptors (Lipinski definition) is 1. The Morgan fingerprint density at radius 2 is 1.85 bits per heavy atom. The molecule has 0 aliphatic heterocycles. The first-order valence-electron chi connectivity index (χ1n) is 10.6. The molecule has 3 saturated carbocycles. The van der Waals surface area contributed by atoms with E-state index in [-0.39, 0.29) is 22.9 Å². The lowest BCUT2D eigenvalue weighted by atomic mass is 9.47. The molecule has 4 aliphatic rings. The zero-order valence-electron chi connectivity index (χ0n) is 16.1. The molecule has 1 N–H and O–H groups in total. The van der Waals surface area contributed by atoms with Crippen molar-refractivity contribution in [2.75, 3.05) is 0 Å². The number of aliphatic hydroxyl groups is 1. The predicted molar refractivity (Wildman–Crippen MR) is 96.5 cm³/mol. The highest BCUT2D eigenvalue weighted by molar-refractivity contribution is 5.25. The van der Waals surface area contributed by atoms with E-state index in [0.717, 1.165) is 51.4 Å². The lowest BCUT2D eigenvalue weighted by molar-refractivity contribution is -0.141. The van der Waals surface area contributed by atoms with E-state index in [2.05, 4.69) is 19.9 Å². The molecule has 0 spiro atoms. The molecule has 26 heavy (non-hydrogen) atoms. The van der Waals surface area contributed by atoms with Crippen molar-refractivity contribution in [2.45, 2.75) is 90.3 Å². The third-order valence-electron chi connectivity index (χ3n) is 9.05. The van der Waals surface area contributed by atoms with E-state index >= 15 is 0 Å². The molecule has 3 fully saturated rings. The van der Waals surface area contributed by atoms with Crippen LogP contribution in [-0.2, 0) is 0 Å². The zero-order chi connectivity index (χ0) is 18.7. The van der Waals surface area contributed by atoms with Gasteiger partial charge in [-0.25, -0.2) is 0 Å². The number of aliphatic hydroxyl groups excluding tert-OH is 1. The van der Waals surface area contributed by atoms with Crippen molar-refractivity contribution in [3.8, 4) is 0 Å². The van der Waals surface area contributed by atoms with E-state index in [4.69, 9.17) is 0 Å². The Balaban J connectivity index is 1.54. The van der Waals surface area contributed by atoms with Gasteiger partial charge in [0.25, 0.3) is 0 Å². The first-order chi connectivity index (χ1) is 12.1. The molecule has 4 rings (SSSR count). The summed E-state index contributed by atoms with van der Waals surface area (Å²) in [5.74, 6) is 2.12. The lowest BCUT2D eigenvalue weighted by Crippen LogP contribution is -2.50. The SMILES string of the molecule is CC12CCC(O)CC1=CCC1C2CC[C@@]2(C)C1CC[C@@H]2CCC(F)(F)F. The molecule has 0 aromatic heterocycles. The molecular formula is C22H33F3O. The molecule has 0 aromatic carbocycles. The van der Waals surface area contributed by atoms with E-state index in [9.17, 15) is 18.3 Å². The number of hydrogen-bond donors (Lipinski definition) is 1. The van der Waals surface area contributed by atoms with Crippen LogP contribution in [0.5, 0.6) is 0 Å². The fourth-order valence-electron chi connectivity index (χ4n) is 7.56. The number of fused-ring (bicyclic) bond motifs is 5. The van der Waals surface area contributed by atoms with E-state index in [1.165, 1.54) is 5.57 Å². The molecule has 148 valence electrons. The molecule has 0 aromatic rings. The van der Waals surface area contributed by atoms with Gasteiger partial charge in [-0.2, -0.15) is 13.2 Å². The van der Waals surface area contributed by atoms with Crippen LogP contribution >= 0.6 is 0 Å². The summed E-state index contributed by atoms with van der Waals surface area (Å²) in [5.41, 5.74) is 1.78. The number of rotatable bonds is 2. The largest absolute Gasteiger partial charge is 0.393 e. The minimum absolute atomic E-state index is 0.0995. The van der Waals surface area contributed by atoms with Gasteiger partial charge in [-0.3, -0.25) is 0 Å². The van der Waals surface area contributed by atoms with Crippen LogP contribution in [0, 0.1) is 34.5 Å². The fraction of sp³-hybridized carbons (Fsp3) is 0.909. The summed E-state index contributed by atoms with van der Waals surface area (Å²) in [6.45, 7) is 4.70. The van der Waals surface area contributed by atoms with Crippen LogP contribution in [0.4, 0.5) is 13.2 Å². The van der Waals surface area contributed by atoms with Gasteiger partial charge in [-0.15, -0.1) is 0 Å². The minimum atomic E-state index is -4.02. The van der Waals surface area contributed by atoms with E-state index in [1.54, 1.807) is 0 Å². The second-order valence-corrected chi connectivity index (χ2v) is 10.1. The van der Waals surface area contributed by atoms with Crippen LogP contribution in [-0.4, -0.2) is 17.4 Å².